The molecule has 11 nitrogen and oxygen atoms in total. The van der Waals surface area contributed by atoms with Gasteiger partial charge in [0.2, 0.25) is 11.3 Å². The van der Waals surface area contributed by atoms with Crippen LogP contribution in [0.25, 0.3) is 16.2 Å². The van der Waals surface area contributed by atoms with E-state index in [0.29, 0.717) is 61.6 Å². The number of carboxylic acid groups (broad SMARTS) is 1. The van der Waals surface area contributed by atoms with E-state index in [2.05, 4.69) is 10.3 Å². The van der Waals surface area contributed by atoms with Crippen molar-refractivity contribution in [3.8, 4) is 5.13 Å². The van der Waals surface area contributed by atoms with Crippen molar-refractivity contribution in [3.05, 3.63) is 45.2 Å². The van der Waals surface area contributed by atoms with Gasteiger partial charge >= 0.3 is 5.97 Å². The Morgan fingerprint density at radius 2 is 2.03 bits per heavy atom. The Bertz CT molecular complexity index is 1290. The van der Waals surface area contributed by atoms with Gasteiger partial charge in [-0.05, 0) is 31.4 Å². The molecule has 1 aliphatic heterocycles. The Labute approximate surface area is 211 Å². The van der Waals surface area contributed by atoms with Crippen LogP contribution in [0.2, 0.25) is 0 Å². The fourth-order valence-electron chi connectivity index (χ4n) is 4.04. The minimum absolute atomic E-state index is 0.00561. The number of anilines is 1. The number of aromatic carboxylic acids is 1. The van der Waals surface area contributed by atoms with E-state index >= 15 is 0 Å². The Hall–Kier alpha value is -3.35. The smallest absolute Gasteiger partial charge is 0.341 e. The molecule has 0 aliphatic carbocycles. The number of hydrogen-bond donors (Lipinski definition) is 2. The third-order valence-electron chi connectivity index (χ3n) is 5.98. The van der Waals surface area contributed by atoms with E-state index in [1.54, 1.807) is 36.2 Å². The first-order valence-electron chi connectivity index (χ1n) is 11.7. The molecule has 0 bridgehead atoms. The van der Waals surface area contributed by atoms with E-state index in [9.17, 15) is 19.5 Å². The van der Waals surface area contributed by atoms with E-state index in [4.69, 9.17) is 14.5 Å². The molecule has 0 atom stereocenters. The van der Waals surface area contributed by atoms with Gasteiger partial charge in [-0.3, -0.25) is 14.2 Å². The average Bonchev–Trinajstić information content (AvgIpc) is 3.34. The number of fused-ring (bicyclic) bond motifs is 1. The van der Waals surface area contributed by atoms with Crippen molar-refractivity contribution in [2.24, 2.45) is 5.92 Å². The second-order valence-corrected chi connectivity index (χ2v) is 9.44. The monoisotopic (exact) mass is 515 g/mol. The summed E-state index contributed by atoms with van der Waals surface area (Å²) in [4.78, 5) is 48.0. The number of ether oxygens (including phenoxy) is 2. The Balaban J connectivity index is 1.43. The minimum Gasteiger partial charge on any atom is -0.477 e. The lowest BCUT2D eigenvalue weighted by Crippen LogP contribution is -2.54. The van der Waals surface area contributed by atoms with Gasteiger partial charge in [-0.1, -0.05) is 0 Å². The summed E-state index contributed by atoms with van der Waals surface area (Å²) in [5, 5.41) is 15.0. The summed E-state index contributed by atoms with van der Waals surface area (Å²) in [6, 6.07) is 1.76. The van der Waals surface area contributed by atoms with Gasteiger partial charge in [-0.2, -0.15) is 0 Å². The van der Waals surface area contributed by atoms with Crippen molar-refractivity contribution in [3.63, 3.8) is 0 Å². The normalized spacial score (nSPS) is 13.7. The molecule has 0 saturated carbocycles. The molecule has 1 fully saturated rings. The average molecular weight is 516 g/mol. The summed E-state index contributed by atoms with van der Waals surface area (Å²) in [5.74, 6) is -0.832. The maximum Gasteiger partial charge on any atom is 0.341 e. The summed E-state index contributed by atoms with van der Waals surface area (Å²) < 4.78 is 12.0. The molecule has 4 heterocycles. The number of hydrogen-bond acceptors (Lipinski definition) is 9. The van der Waals surface area contributed by atoms with Crippen LogP contribution in [-0.4, -0.2) is 78.1 Å². The van der Waals surface area contributed by atoms with Crippen LogP contribution < -0.4 is 15.6 Å². The van der Waals surface area contributed by atoms with Crippen LogP contribution in [0.15, 0.2) is 28.6 Å². The highest BCUT2D eigenvalue weighted by atomic mass is 32.1. The molecule has 0 aromatic carbocycles. The third-order valence-corrected chi connectivity index (χ3v) is 6.75. The first-order chi connectivity index (χ1) is 17.4. The Morgan fingerprint density at radius 3 is 2.72 bits per heavy atom. The van der Waals surface area contributed by atoms with Crippen LogP contribution in [0.3, 0.4) is 0 Å². The van der Waals surface area contributed by atoms with Crippen molar-refractivity contribution in [2.75, 3.05) is 51.5 Å². The summed E-state index contributed by atoms with van der Waals surface area (Å²) in [5.41, 5.74) is 0.0435. The predicted molar refractivity (Wildman–Crippen MR) is 135 cm³/mol. The minimum atomic E-state index is -1.30. The molecule has 2 N–H and O–H groups in total. The fraction of sp³-hybridized carbons (Fsp3) is 0.458. The Kier molecular flexibility index (Phi) is 8.28. The number of nitrogens with one attached hydrogen (secondary N) is 1. The van der Waals surface area contributed by atoms with Crippen molar-refractivity contribution in [2.45, 2.75) is 19.8 Å². The van der Waals surface area contributed by atoms with Crippen LogP contribution >= 0.6 is 11.3 Å². The van der Waals surface area contributed by atoms with Crippen molar-refractivity contribution in [1.29, 1.82) is 0 Å². The molecule has 4 rings (SSSR count). The number of pyridine rings is 2. The summed E-state index contributed by atoms with van der Waals surface area (Å²) in [6.45, 7) is 5.23. The molecule has 1 saturated heterocycles. The van der Waals surface area contributed by atoms with Crippen molar-refractivity contribution < 1.29 is 24.2 Å². The highest BCUT2D eigenvalue weighted by Gasteiger charge is 2.34. The Morgan fingerprint density at radius 1 is 1.25 bits per heavy atom. The number of amides is 1. The van der Waals surface area contributed by atoms with E-state index in [1.165, 1.54) is 17.5 Å². The molecule has 0 unspecified atom stereocenters. The SMILES string of the molecule is COCCCOCCCNC(=O)C1CN(c2cc(C)c3c(=O)c(C(=O)O)cn(-c4nccs4)c3n2)C1. The van der Waals surface area contributed by atoms with Gasteiger partial charge in [0, 0.05) is 64.3 Å². The molecule has 12 heteroatoms. The fourth-order valence-corrected chi connectivity index (χ4v) is 4.66. The van der Waals surface area contributed by atoms with Crippen LogP contribution in [0.1, 0.15) is 28.8 Å². The highest BCUT2D eigenvalue weighted by Crippen LogP contribution is 2.28. The molecule has 3 aromatic rings. The quantitative estimate of drug-likeness (QED) is 0.346. The highest BCUT2D eigenvalue weighted by molar-refractivity contribution is 7.12. The number of rotatable bonds is 12. The van der Waals surface area contributed by atoms with Crippen LogP contribution in [0.5, 0.6) is 0 Å². The molecule has 192 valence electrons. The number of aromatic nitrogens is 3. The van der Waals surface area contributed by atoms with E-state index in [0.717, 1.165) is 12.8 Å². The lowest BCUT2D eigenvalue weighted by atomic mass is 9.98. The summed E-state index contributed by atoms with van der Waals surface area (Å²) in [6.07, 6.45) is 4.47. The number of methoxy groups -OCH3 is 1. The zero-order chi connectivity index (χ0) is 25.7. The number of nitrogens with zero attached hydrogens (tertiary/aromatic N) is 4. The number of carbonyl (C=O) groups is 2. The van der Waals surface area contributed by atoms with Crippen molar-refractivity contribution in [1.82, 2.24) is 19.9 Å². The van der Waals surface area contributed by atoms with Gasteiger partial charge in [0.15, 0.2) is 10.8 Å². The number of aryl methyl sites for hydroxylation is 1. The maximum absolute atomic E-state index is 12.9. The van der Waals surface area contributed by atoms with Crippen molar-refractivity contribution >= 4 is 40.1 Å². The second kappa shape index (κ2) is 11.6. The number of carboxylic acids is 1. The van der Waals surface area contributed by atoms with E-state index < -0.39 is 11.4 Å². The first-order valence-corrected chi connectivity index (χ1v) is 12.6. The van der Waals surface area contributed by atoms with Gasteiger partial charge in [0.25, 0.3) is 0 Å². The molecule has 36 heavy (non-hydrogen) atoms. The lowest BCUT2D eigenvalue weighted by molar-refractivity contribution is -0.125. The van der Waals surface area contributed by atoms with Gasteiger partial charge < -0.3 is 24.8 Å². The molecule has 1 aliphatic rings. The first kappa shape index (κ1) is 25.7. The summed E-state index contributed by atoms with van der Waals surface area (Å²) in [7, 11) is 1.66. The van der Waals surface area contributed by atoms with Gasteiger partial charge in [-0.15, -0.1) is 11.3 Å². The van der Waals surface area contributed by atoms with E-state index in [1.807, 2.05) is 4.90 Å². The molecular weight excluding hydrogens is 486 g/mol. The molecular formula is C24H29N5O6S. The second-order valence-electron chi connectivity index (χ2n) is 8.56. The third kappa shape index (κ3) is 5.55. The number of carbonyl (C=O) groups excluding carboxylic acids is 1. The number of thiazole rings is 1. The maximum atomic E-state index is 12.9. The molecule has 1 amide bonds. The standard InChI is InChI=1S/C24H29N5O6S/c1-15-11-18(28-12-16(13-28)22(31)25-5-3-8-35-9-4-7-34-2)27-21-19(15)20(30)17(23(32)33)14-29(21)24-26-6-10-36-24/h6,10-11,14,16H,3-5,7-9,12-13H2,1-2H3,(H,25,31)(H,32,33). The van der Waals surface area contributed by atoms with Crippen LogP contribution in [-0.2, 0) is 14.3 Å². The molecule has 0 spiro atoms. The largest absolute Gasteiger partial charge is 0.477 e. The topological polar surface area (TPSA) is 136 Å². The zero-order valence-corrected chi connectivity index (χ0v) is 21.0. The van der Waals surface area contributed by atoms with Crippen LogP contribution in [0.4, 0.5) is 5.82 Å². The zero-order valence-electron chi connectivity index (χ0n) is 20.2. The molecule has 0 radical (unpaired) electrons. The lowest BCUT2D eigenvalue weighted by Gasteiger charge is -2.39. The molecule has 3 aromatic heterocycles. The van der Waals surface area contributed by atoms with Gasteiger partial charge in [0.05, 0.1) is 11.3 Å². The summed E-state index contributed by atoms with van der Waals surface area (Å²) >= 11 is 1.31. The van der Waals surface area contributed by atoms with Gasteiger partial charge in [-0.25, -0.2) is 14.8 Å². The van der Waals surface area contributed by atoms with Gasteiger partial charge in [0.1, 0.15) is 11.4 Å². The van der Waals surface area contributed by atoms with E-state index in [-0.39, 0.29) is 22.8 Å². The van der Waals surface area contributed by atoms with Crippen LogP contribution in [0, 0.1) is 12.8 Å². The predicted octanol–water partition coefficient (Wildman–Crippen LogP) is 1.84.